The molecule has 6 heteroatoms. The van der Waals surface area contributed by atoms with Crippen LogP contribution in [-0.2, 0) is 11.2 Å². The number of nitrogens with one attached hydrogen (secondary N) is 2. The van der Waals surface area contributed by atoms with Crippen LogP contribution in [0.15, 0.2) is 10.9 Å². The number of hydrogen-bond donors (Lipinski definition) is 3. The zero-order valence-electron chi connectivity index (χ0n) is 9.56. The van der Waals surface area contributed by atoms with E-state index < -0.39 is 0 Å². The van der Waals surface area contributed by atoms with E-state index in [1.165, 1.54) is 0 Å². The zero-order chi connectivity index (χ0) is 12.1. The molecule has 0 radical (unpaired) electrons. The van der Waals surface area contributed by atoms with Crippen LogP contribution in [0.25, 0.3) is 0 Å². The number of thiazole rings is 1. The first kappa shape index (κ1) is 12.5. The topological polar surface area (TPSA) is 74.2 Å². The van der Waals surface area contributed by atoms with Crippen molar-refractivity contribution in [2.45, 2.75) is 18.9 Å². The van der Waals surface area contributed by atoms with Crippen molar-refractivity contribution in [3.05, 3.63) is 16.6 Å². The van der Waals surface area contributed by atoms with E-state index in [9.17, 15) is 9.90 Å². The van der Waals surface area contributed by atoms with Crippen LogP contribution in [0.4, 0.5) is 0 Å². The summed E-state index contributed by atoms with van der Waals surface area (Å²) < 4.78 is 0. The maximum Gasteiger partial charge on any atom is 0.220 e. The van der Waals surface area contributed by atoms with E-state index in [0.29, 0.717) is 25.9 Å². The second kappa shape index (κ2) is 6.09. The largest absolute Gasteiger partial charge is 0.391 e. The molecule has 0 aliphatic carbocycles. The fourth-order valence-electron chi connectivity index (χ4n) is 1.86. The molecular weight excluding hydrogens is 238 g/mol. The highest BCUT2D eigenvalue weighted by Crippen LogP contribution is 2.07. The summed E-state index contributed by atoms with van der Waals surface area (Å²) in [7, 11) is 0. The van der Waals surface area contributed by atoms with Gasteiger partial charge in [-0.1, -0.05) is 0 Å². The van der Waals surface area contributed by atoms with Crippen molar-refractivity contribution in [1.29, 1.82) is 0 Å². The second-order valence-electron chi connectivity index (χ2n) is 4.27. The molecule has 0 saturated carbocycles. The van der Waals surface area contributed by atoms with Crippen LogP contribution >= 0.6 is 11.3 Å². The molecule has 2 heterocycles. The Balaban J connectivity index is 1.64. The van der Waals surface area contributed by atoms with Gasteiger partial charge in [-0.3, -0.25) is 4.79 Å². The van der Waals surface area contributed by atoms with Crippen LogP contribution in [0.1, 0.15) is 12.1 Å². The minimum absolute atomic E-state index is 0.0251. The lowest BCUT2D eigenvalue weighted by Crippen LogP contribution is -2.34. The predicted octanol–water partition coefficient (Wildman–Crippen LogP) is -0.228. The minimum Gasteiger partial charge on any atom is -0.391 e. The smallest absolute Gasteiger partial charge is 0.220 e. The molecule has 1 aromatic heterocycles. The molecule has 1 aliphatic rings. The zero-order valence-corrected chi connectivity index (χ0v) is 10.4. The standard InChI is InChI=1S/C11H17N3O2S/c15-10-5-12-3-8(10)4-13-11(16)2-1-9-6-17-7-14-9/h6-8,10,12,15H,1-5H2,(H,13,16). The monoisotopic (exact) mass is 255 g/mol. The van der Waals surface area contributed by atoms with Gasteiger partial charge in [0.15, 0.2) is 0 Å². The lowest BCUT2D eigenvalue weighted by atomic mass is 10.1. The SMILES string of the molecule is O=C(CCc1cscn1)NCC1CNCC1O. The highest BCUT2D eigenvalue weighted by molar-refractivity contribution is 7.07. The summed E-state index contributed by atoms with van der Waals surface area (Å²) in [5.41, 5.74) is 2.74. The molecule has 0 spiro atoms. The number of nitrogens with zero attached hydrogens (tertiary/aromatic N) is 1. The summed E-state index contributed by atoms with van der Waals surface area (Å²) in [6, 6.07) is 0. The molecule has 1 fully saturated rings. The molecule has 2 rings (SSSR count). The molecule has 94 valence electrons. The van der Waals surface area contributed by atoms with Gasteiger partial charge in [0.2, 0.25) is 5.91 Å². The van der Waals surface area contributed by atoms with E-state index in [0.717, 1.165) is 12.2 Å². The maximum atomic E-state index is 11.6. The van der Waals surface area contributed by atoms with E-state index >= 15 is 0 Å². The first-order chi connectivity index (χ1) is 8.25. The number of rotatable bonds is 5. The Morgan fingerprint density at radius 1 is 1.65 bits per heavy atom. The van der Waals surface area contributed by atoms with Crippen LogP contribution in [0.5, 0.6) is 0 Å². The molecule has 2 unspecified atom stereocenters. The van der Waals surface area contributed by atoms with Gasteiger partial charge in [-0.25, -0.2) is 4.98 Å². The van der Waals surface area contributed by atoms with Crippen molar-refractivity contribution in [3.8, 4) is 0 Å². The van der Waals surface area contributed by atoms with Crippen LogP contribution < -0.4 is 10.6 Å². The summed E-state index contributed by atoms with van der Waals surface area (Å²) in [6.07, 6.45) is 0.801. The molecule has 1 amide bonds. The predicted molar refractivity (Wildman–Crippen MR) is 65.8 cm³/mol. The summed E-state index contributed by atoms with van der Waals surface area (Å²) >= 11 is 1.54. The first-order valence-corrected chi connectivity index (χ1v) is 6.72. The molecular formula is C11H17N3O2S. The Morgan fingerprint density at radius 3 is 3.18 bits per heavy atom. The highest BCUT2D eigenvalue weighted by Gasteiger charge is 2.24. The average Bonchev–Trinajstić information content (AvgIpc) is 2.95. The van der Waals surface area contributed by atoms with E-state index in [-0.39, 0.29) is 17.9 Å². The number of aryl methyl sites for hydroxylation is 1. The third-order valence-electron chi connectivity index (χ3n) is 2.96. The van der Waals surface area contributed by atoms with Crippen LogP contribution in [0.3, 0.4) is 0 Å². The molecule has 17 heavy (non-hydrogen) atoms. The Hall–Kier alpha value is -0.980. The number of β-amino-alcohol motifs (C(OH)–C–C–N with tert-alkyl or cyclic N) is 1. The van der Waals surface area contributed by atoms with Gasteiger partial charge in [0, 0.05) is 37.4 Å². The molecule has 2 atom stereocenters. The van der Waals surface area contributed by atoms with Gasteiger partial charge in [-0.2, -0.15) is 0 Å². The quantitative estimate of drug-likeness (QED) is 0.679. The molecule has 3 N–H and O–H groups in total. The summed E-state index contributed by atoms with van der Waals surface area (Å²) in [4.78, 5) is 15.7. The molecule has 1 aliphatic heterocycles. The Kier molecular flexibility index (Phi) is 4.47. The van der Waals surface area contributed by atoms with E-state index in [4.69, 9.17) is 0 Å². The lowest BCUT2D eigenvalue weighted by Gasteiger charge is -2.13. The minimum atomic E-state index is -0.339. The third-order valence-corrected chi connectivity index (χ3v) is 3.59. The fourth-order valence-corrected chi connectivity index (χ4v) is 2.46. The van der Waals surface area contributed by atoms with Gasteiger partial charge in [0.1, 0.15) is 0 Å². The van der Waals surface area contributed by atoms with Crippen molar-refractivity contribution < 1.29 is 9.90 Å². The van der Waals surface area contributed by atoms with E-state index in [1.807, 2.05) is 5.38 Å². The Morgan fingerprint density at radius 2 is 2.53 bits per heavy atom. The molecule has 0 aromatic carbocycles. The van der Waals surface area contributed by atoms with Gasteiger partial charge >= 0.3 is 0 Å². The first-order valence-electron chi connectivity index (χ1n) is 5.78. The van der Waals surface area contributed by atoms with Gasteiger partial charge in [0.05, 0.1) is 17.3 Å². The summed E-state index contributed by atoms with van der Waals surface area (Å²) in [5, 5.41) is 17.5. The second-order valence-corrected chi connectivity index (χ2v) is 4.99. The van der Waals surface area contributed by atoms with Gasteiger partial charge in [-0.05, 0) is 6.42 Å². The number of amides is 1. The van der Waals surface area contributed by atoms with Crippen LogP contribution in [-0.4, -0.2) is 41.7 Å². The number of hydrogen-bond acceptors (Lipinski definition) is 5. The van der Waals surface area contributed by atoms with Crippen molar-refractivity contribution in [2.75, 3.05) is 19.6 Å². The number of aromatic nitrogens is 1. The van der Waals surface area contributed by atoms with Crippen molar-refractivity contribution in [1.82, 2.24) is 15.6 Å². The van der Waals surface area contributed by atoms with E-state index in [1.54, 1.807) is 16.8 Å². The highest BCUT2D eigenvalue weighted by atomic mass is 32.1. The normalized spacial score (nSPS) is 23.8. The summed E-state index contributed by atoms with van der Waals surface area (Å²) in [5.74, 6) is 0.162. The van der Waals surface area contributed by atoms with Crippen LogP contribution in [0.2, 0.25) is 0 Å². The van der Waals surface area contributed by atoms with Crippen molar-refractivity contribution >= 4 is 17.2 Å². The van der Waals surface area contributed by atoms with Gasteiger partial charge in [0.25, 0.3) is 0 Å². The van der Waals surface area contributed by atoms with Crippen molar-refractivity contribution in [2.24, 2.45) is 5.92 Å². The average molecular weight is 255 g/mol. The van der Waals surface area contributed by atoms with Crippen LogP contribution in [0, 0.1) is 5.92 Å². The molecule has 0 bridgehead atoms. The maximum absolute atomic E-state index is 11.6. The van der Waals surface area contributed by atoms with Crippen molar-refractivity contribution in [3.63, 3.8) is 0 Å². The van der Waals surface area contributed by atoms with Gasteiger partial charge in [-0.15, -0.1) is 11.3 Å². The van der Waals surface area contributed by atoms with E-state index in [2.05, 4.69) is 15.6 Å². The number of carbonyl (C=O) groups excluding carboxylic acids is 1. The van der Waals surface area contributed by atoms with Gasteiger partial charge < -0.3 is 15.7 Å². The Bertz CT molecular complexity index is 356. The molecule has 1 saturated heterocycles. The number of aliphatic hydroxyl groups is 1. The summed E-state index contributed by atoms with van der Waals surface area (Å²) in [6.45, 7) is 1.94. The lowest BCUT2D eigenvalue weighted by molar-refractivity contribution is -0.121. The molecule has 5 nitrogen and oxygen atoms in total. The fraction of sp³-hybridized carbons (Fsp3) is 0.636. The number of carbonyl (C=O) groups is 1. The Labute approximate surface area is 104 Å². The number of aliphatic hydroxyl groups excluding tert-OH is 1. The molecule has 1 aromatic rings. The third kappa shape index (κ3) is 3.76.